The first-order valence-corrected chi connectivity index (χ1v) is 6.38. The molecule has 0 saturated heterocycles. The Labute approximate surface area is 100 Å². The lowest BCUT2D eigenvalue weighted by molar-refractivity contribution is 0.206. The Morgan fingerprint density at radius 1 is 1.40 bits per heavy atom. The summed E-state index contributed by atoms with van der Waals surface area (Å²) < 4.78 is 1.22. The fourth-order valence-corrected chi connectivity index (χ4v) is 2.62. The molecule has 0 spiro atoms. The van der Waals surface area contributed by atoms with Gasteiger partial charge >= 0.3 is 0 Å². The summed E-state index contributed by atoms with van der Waals surface area (Å²) in [4.78, 5) is 0. The molecule has 2 heteroatoms. The molecule has 0 aliphatic heterocycles. The molecule has 15 heavy (non-hydrogen) atoms. The van der Waals surface area contributed by atoms with Crippen LogP contribution in [0.1, 0.15) is 37.3 Å². The van der Waals surface area contributed by atoms with Crippen molar-refractivity contribution in [3.63, 3.8) is 0 Å². The summed E-state index contributed by atoms with van der Waals surface area (Å²) in [5.74, 6) is 0. The Balaban J connectivity index is 1.98. The van der Waals surface area contributed by atoms with Gasteiger partial charge in [0, 0.05) is 16.6 Å². The third-order valence-electron chi connectivity index (χ3n) is 3.37. The van der Waals surface area contributed by atoms with Crippen LogP contribution in [0.3, 0.4) is 0 Å². The van der Waals surface area contributed by atoms with Gasteiger partial charge in [-0.2, -0.15) is 0 Å². The molecule has 1 N–H and O–H groups in total. The van der Waals surface area contributed by atoms with Crippen molar-refractivity contribution in [1.29, 1.82) is 0 Å². The monoisotopic (exact) mass is 267 g/mol. The van der Waals surface area contributed by atoms with Crippen LogP contribution in [0.5, 0.6) is 0 Å². The van der Waals surface area contributed by atoms with Crippen LogP contribution in [0.25, 0.3) is 0 Å². The van der Waals surface area contributed by atoms with Gasteiger partial charge in [-0.1, -0.05) is 28.1 Å². The van der Waals surface area contributed by atoms with Gasteiger partial charge in [-0.15, -0.1) is 0 Å². The van der Waals surface area contributed by atoms with E-state index in [2.05, 4.69) is 53.3 Å². The van der Waals surface area contributed by atoms with E-state index in [0.29, 0.717) is 5.54 Å². The lowest BCUT2D eigenvalue weighted by Crippen LogP contribution is -2.47. The van der Waals surface area contributed by atoms with Crippen LogP contribution in [-0.4, -0.2) is 5.54 Å². The minimum atomic E-state index is 0.393. The Bertz CT molecular complexity index is 356. The summed E-state index contributed by atoms with van der Waals surface area (Å²) in [5, 5.41) is 3.64. The molecule has 1 saturated carbocycles. The minimum Gasteiger partial charge on any atom is -0.307 e. The average molecular weight is 268 g/mol. The van der Waals surface area contributed by atoms with Gasteiger partial charge in [0.25, 0.3) is 0 Å². The lowest BCUT2D eigenvalue weighted by atomic mass is 9.78. The van der Waals surface area contributed by atoms with E-state index in [-0.39, 0.29) is 0 Å². The maximum Gasteiger partial charge on any atom is 0.0222 e. The van der Waals surface area contributed by atoms with Gasteiger partial charge in [0.15, 0.2) is 0 Å². The molecular weight excluding hydrogens is 250 g/mol. The van der Waals surface area contributed by atoms with Crippen LogP contribution in [0.15, 0.2) is 22.7 Å². The first-order valence-electron chi connectivity index (χ1n) is 5.59. The fourth-order valence-electron chi connectivity index (χ4n) is 1.99. The summed E-state index contributed by atoms with van der Waals surface area (Å²) in [7, 11) is 0. The number of benzene rings is 1. The predicted octanol–water partition coefficient (Wildman–Crippen LogP) is 3.79. The maximum absolute atomic E-state index is 3.64. The highest BCUT2D eigenvalue weighted by atomic mass is 79.9. The second-order valence-electron chi connectivity index (χ2n) is 4.86. The average Bonchev–Trinajstić information content (AvgIpc) is 2.14. The Morgan fingerprint density at radius 3 is 2.67 bits per heavy atom. The highest BCUT2D eigenvalue weighted by Gasteiger charge is 2.30. The van der Waals surface area contributed by atoms with Crippen LogP contribution >= 0.6 is 15.9 Å². The molecule has 82 valence electrons. The second-order valence-corrected chi connectivity index (χ2v) is 5.72. The third-order valence-corrected chi connectivity index (χ3v) is 4.11. The molecule has 0 aromatic heterocycles. The second kappa shape index (κ2) is 4.26. The number of halogens is 1. The van der Waals surface area contributed by atoms with Crippen molar-refractivity contribution in [1.82, 2.24) is 5.32 Å². The summed E-state index contributed by atoms with van der Waals surface area (Å²) in [6.45, 7) is 5.41. The van der Waals surface area contributed by atoms with E-state index in [4.69, 9.17) is 0 Å². The van der Waals surface area contributed by atoms with E-state index in [1.165, 1.54) is 34.9 Å². The van der Waals surface area contributed by atoms with E-state index in [1.54, 1.807) is 0 Å². The maximum atomic E-state index is 3.64. The van der Waals surface area contributed by atoms with E-state index >= 15 is 0 Å². The Morgan fingerprint density at radius 2 is 2.13 bits per heavy atom. The van der Waals surface area contributed by atoms with E-state index in [1.807, 2.05) is 0 Å². The Hall–Kier alpha value is -0.340. The van der Waals surface area contributed by atoms with Crippen molar-refractivity contribution in [2.45, 2.75) is 45.2 Å². The number of rotatable bonds is 3. The molecule has 2 rings (SSSR count). The summed E-state index contributed by atoms with van der Waals surface area (Å²) in [6.07, 6.45) is 4.01. The lowest BCUT2D eigenvalue weighted by Gasteiger charge is -2.39. The predicted molar refractivity (Wildman–Crippen MR) is 68.0 cm³/mol. The fraction of sp³-hybridized carbons (Fsp3) is 0.538. The summed E-state index contributed by atoms with van der Waals surface area (Å²) in [6, 6.07) is 6.56. The minimum absolute atomic E-state index is 0.393. The molecule has 1 nitrogen and oxygen atoms in total. The molecule has 0 heterocycles. The molecular formula is C13H18BrN. The first-order chi connectivity index (χ1) is 7.09. The van der Waals surface area contributed by atoms with E-state index in [9.17, 15) is 0 Å². The van der Waals surface area contributed by atoms with Gasteiger partial charge in [0.1, 0.15) is 0 Å². The van der Waals surface area contributed by atoms with Crippen molar-refractivity contribution in [2.75, 3.05) is 0 Å². The van der Waals surface area contributed by atoms with Gasteiger partial charge in [0.2, 0.25) is 0 Å². The van der Waals surface area contributed by atoms with Crippen molar-refractivity contribution in [3.05, 3.63) is 33.8 Å². The molecule has 0 amide bonds. The number of aryl methyl sites for hydroxylation is 1. The normalized spacial score (nSPS) is 18.6. The molecule has 0 atom stereocenters. The zero-order valence-electron chi connectivity index (χ0n) is 9.44. The summed E-state index contributed by atoms with van der Waals surface area (Å²) >= 11 is 3.61. The van der Waals surface area contributed by atoms with Crippen molar-refractivity contribution >= 4 is 15.9 Å². The molecule has 0 radical (unpaired) electrons. The van der Waals surface area contributed by atoms with Crippen LogP contribution in [0, 0.1) is 6.92 Å². The van der Waals surface area contributed by atoms with Crippen molar-refractivity contribution < 1.29 is 0 Å². The highest BCUT2D eigenvalue weighted by Crippen LogP contribution is 2.31. The van der Waals surface area contributed by atoms with Gasteiger partial charge in [-0.25, -0.2) is 0 Å². The standard InChI is InChI=1S/C13H18BrN/c1-10-4-5-11(12(14)8-10)9-15-13(2)6-3-7-13/h4-5,8,15H,3,6-7,9H2,1-2H3. The Kier molecular flexibility index (Phi) is 3.17. The molecule has 1 fully saturated rings. The zero-order valence-corrected chi connectivity index (χ0v) is 11.0. The zero-order chi connectivity index (χ0) is 10.9. The number of hydrogen-bond acceptors (Lipinski definition) is 1. The topological polar surface area (TPSA) is 12.0 Å². The molecule has 1 aromatic carbocycles. The summed E-state index contributed by atoms with van der Waals surface area (Å²) in [5.41, 5.74) is 3.05. The van der Waals surface area contributed by atoms with Crippen LogP contribution < -0.4 is 5.32 Å². The number of nitrogens with one attached hydrogen (secondary N) is 1. The van der Waals surface area contributed by atoms with Crippen molar-refractivity contribution in [3.8, 4) is 0 Å². The quantitative estimate of drug-likeness (QED) is 0.879. The van der Waals surface area contributed by atoms with Gasteiger partial charge in [-0.3, -0.25) is 0 Å². The SMILES string of the molecule is Cc1ccc(CNC2(C)CCC2)c(Br)c1. The van der Waals surface area contributed by atoms with Gasteiger partial charge in [-0.05, 0) is 50.3 Å². The van der Waals surface area contributed by atoms with E-state index < -0.39 is 0 Å². The van der Waals surface area contributed by atoms with Crippen molar-refractivity contribution in [2.24, 2.45) is 0 Å². The van der Waals surface area contributed by atoms with Crippen LogP contribution in [-0.2, 0) is 6.54 Å². The molecule has 1 aliphatic carbocycles. The molecule has 1 aromatic rings. The first kappa shape index (κ1) is 11.2. The van der Waals surface area contributed by atoms with Crippen LogP contribution in [0.2, 0.25) is 0 Å². The van der Waals surface area contributed by atoms with Gasteiger partial charge in [0.05, 0.1) is 0 Å². The largest absolute Gasteiger partial charge is 0.307 e. The molecule has 0 unspecified atom stereocenters. The molecule has 1 aliphatic rings. The third kappa shape index (κ3) is 2.61. The van der Waals surface area contributed by atoms with E-state index in [0.717, 1.165) is 6.54 Å². The molecule has 0 bridgehead atoms. The number of hydrogen-bond donors (Lipinski definition) is 1. The van der Waals surface area contributed by atoms with Gasteiger partial charge < -0.3 is 5.32 Å². The smallest absolute Gasteiger partial charge is 0.0222 e. The highest BCUT2D eigenvalue weighted by molar-refractivity contribution is 9.10. The van der Waals surface area contributed by atoms with Crippen LogP contribution in [0.4, 0.5) is 0 Å².